The van der Waals surface area contributed by atoms with E-state index in [1.165, 1.54) is 6.07 Å². The van der Waals surface area contributed by atoms with E-state index in [0.717, 1.165) is 28.9 Å². The van der Waals surface area contributed by atoms with E-state index in [9.17, 15) is 13.2 Å². The first-order chi connectivity index (χ1) is 13.4. The van der Waals surface area contributed by atoms with E-state index in [1.807, 2.05) is 79.9 Å². The zero-order chi connectivity index (χ0) is 20.3. The zero-order valence-corrected chi connectivity index (χ0v) is 16.0. The fourth-order valence-corrected chi connectivity index (χ4v) is 2.99. The maximum absolute atomic E-state index is 13.1. The van der Waals surface area contributed by atoms with Crippen molar-refractivity contribution in [3.8, 4) is 17.1 Å². The Morgan fingerprint density at radius 1 is 0.821 bits per heavy atom. The summed E-state index contributed by atoms with van der Waals surface area (Å²) in [5, 5.41) is 0. The molecular weight excluding hydrogens is 361 g/mol. The van der Waals surface area contributed by atoms with Crippen molar-refractivity contribution in [2.24, 2.45) is 0 Å². The fraction of sp³-hybridized carbons (Fsp3) is 0.174. The smallest absolute Gasteiger partial charge is 0.292 e. The van der Waals surface area contributed by atoms with Crippen molar-refractivity contribution in [3.05, 3.63) is 83.9 Å². The number of nitrogens with zero attached hydrogens (tertiary/aromatic N) is 2. The van der Waals surface area contributed by atoms with Crippen molar-refractivity contribution in [1.82, 2.24) is 9.55 Å². The molecule has 3 aromatic carbocycles. The van der Waals surface area contributed by atoms with Crippen LogP contribution >= 0.6 is 0 Å². The molecular formula is C23H21F3N2. The molecule has 0 saturated carbocycles. The molecule has 0 aliphatic carbocycles. The summed E-state index contributed by atoms with van der Waals surface area (Å²) in [5.74, 6) is 0.616. The minimum atomic E-state index is -4.39. The molecule has 2 nitrogen and oxygen atoms in total. The number of alkyl halides is 3. The quantitative estimate of drug-likeness (QED) is 0.363. The van der Waals surface area contributed by atoms with E-state index in [0.29, 0.717) is 16.9 Å². The van der Waals surface area contributed by atoms with Gasteiger partial charge in [0.25, 0.3) is 0 Å². The van der Waals surface area contributed by atoms with Gasteiger partial charge in [0.05, 0.1) is 16.6 Å². The minimum Gasteiger partial charge on any atom is -0.292 e. The summed E-state index contributed by atoms with van der Waals surface area (Å²) in [5.41, 5.74) is 3.07. The lowest BCUT2D eigenvalue weighted by molar-refractivity contribution is -0.137. The van der Waals surface area contributed by atoms with Gasteiger partial charge in [-0.25, -0.2) is 4.98 Å². The van der Waals surface area contributed by atoms with Crippen molar-refractivity contribution in [3.63, 3.8) is 0 Å². The number of benzene rings is 3. The van der Waals surface area contributed by atoms with Gasteiger partial charge in [0.1, 0.15) is 5.82 Å². The molecule has 0 atom stereocenters. The van der Waals surface area contributed by atoms with Crippen molar-refractivity contribution >= 4 is 11.0 Å². The normalized spacial score (nSPS) is 11.2. The molecule has 144 valence electrons. The van der Waals surface area contributed by atoms with Crippen molar-refractivity contribution < 1.29 is 13.2 Å². The minimum absolute atomic E-state index is 0.319. The van der Waals surface area contributed by atoms with Gasteiger partial charge in [-0.3, -0.25) is 4.57 Å². The van der Waals surface area contributed by atoms with Crippen LogP contribution in [0.3, 0.4) is 0 Å². The molecule has 1 heterocycles. The number of aromatic nitrogens is 2. The summed E-state index contributed by atoms with van der Waals surface area (Å²) in [6, 6.07) is 21.0. The number of fused-ring (bicyclic) bond motifs is 1. The summed E-state index contributed by atoms with van der Waals surface area (Å²) < 4.78 is 41.1. The summed E-state index contributed by atoms with van der Waals surface area (Å²) in [4.78, 5) is 4.53. The van der Waals surface area contributed by atoms with Gasteiger partial charge in [0.15, 0.2) is 0 Å². The van der Waals surface area contributed by atoms with Crippen molar-refractivity contribution in [1.29, 1.82) is 0 Å². The molecule has 4 rings (SSSR count). The highest BCUT2D eigenvalue weighted by molar-refractivity contribution is 5.84. The highest BCUT2D eigenvalue weighted by atomic mass is 19.4. The molecule has 0 spiro atoms. The Bertz CT molecular complexity index is 1060. The molecule has 0 aliphatic rings. The molecule has 28 heavy (non-hydrogen) atoms. The predicted octanol–water partition coefficient (Wildman–Crippen LogP) is 7.05. The molecule has 0 fully saturated rings. The molecule has 0 amide bonds. The van der Waals surface area contributed by atoms with Crippen LogP contribution in [0.25, 0.3) is 28.1 Å². The topological polar surface area (TPSA) is 17.8 Å². The highest BCUT2D eigenvalue weighted by Gasteiger charge is 2.31. The molecule has 5 heteroatoms. The van der Waals surface area contributed by atoms with Gasteiger partial charge in [0.2, 0.25) is 0 Å². The Labute approximate surface area is 162 Å². The Morgan fingerprint density at radius 3 is 2.07 bits per heavy atom. The van der Waals surface area contributed by atoms with E-state index in [-0.39, 0.29) is 0 Å². The van der Waals surface area contributed by atoms with Gasteiger partial charge >= 0.3 is 6.18 Å². The molecule has 0 unspecified atom stereocenters. The molecule has 0 bridgehead atoms. The van der Waals surface area contributed by atoms with E-state index in [1.54, 1.807) is 0 Å². The Balaban J connectivity index is 0.00000109. The van der Waals surface area contributed by atoms with Crippen molar-refractivity contribution in [2.75, 3.05) is 0 Å². The Hall–Kier alpha value is -3.08. The fourth-order valence-electron chi connectivity index (χ4n) is 2.99. The maximum atomic E-state index is 13.1. The standard InChI is InChI=1S/C21H15F3N2.C2H6/c1-14-7-9-15(10-8-14)20-25-18-13-16(21(22,23)24)11-12-19(18)26(20)17-5-3-2-4-6-17;1-2/h2-13H,1H3;1-2H3. The van der Waals surface area contributed by atoms with Gasteiger partial charge in [0, 0.05) is 11.3 Å². The third kappa shape index (κ3) is 3.79. The third-order valence-electron chi connectivity index (χ3n) is 4.31. The van der Waals surface area contributed by atoms with Gasteiger partial charge < -0.3 is 0 Å². The van der Waals surface area contributed by atoms with Crippen LogP contribution in [0.5, 0.6) is 0 Å². The van der Waals surface area contributed by atoms with Crippen LogP contribution < -0.4 is 0 Å². The number of rotatable bonds is 2. The van der Waals surface area contributed by atoms with Gasteiger partial charge in [-0.05, 0) is 37.3 Å². The number of hydrogen-bond acceptors (Lipinski definition) is 1. The lowest BCUT2D eigenvalue weighted by atomic mass is 10.1. The highest BCUT2D eigenvalue weighted by Crippen LogP contribution is 2.34. The molecule has 0 N–H and O–H groups in total. The van der Waals surface area contributed by atoms with Gasteiger partial charge in [-0.15, -0.1) is 0 Å². The zero-order valence-electron chi connectivity index (χ0n) is 16.0. The van der Waals surface area contributed by atoms with Gasteiger partial charge in [-0.2, -0.15) is 13.2 Å². The van der Waals surface area contributed by atoms with E-state index >= 15 is 0 Å². The van der Waals surface area contributed by atoms with Crippen LogP contribution in [0.15, 0.2) is 72.8 Å². The summed E-state index contributed by atoms with van der Waals surface area (Å²) >= 11 is 0. The third-order valence-corrected chi connectivity index (χ3v) is 4.31. The average molecular weight is 382 g/mol. The summed E-state index contributed by atoms with van der Waals surface area (Å²) in [6.07, 6.45) is -4.39. The number of aryl methyl sites for hydroxylation is 1. The Morgan fingerprint density at radius 2 is 1.46 bits per heavy atom. The molecule has 1 aromatic heterocycles. The Kier molecular flexibility index (Phi) is 5.54. The molecule has 4 aromatic rings. The van der Waals surface area contributed by atoms with Crippen LogP contribution in [0, 0.1) is 6.92 Å². The molecule has 0 saturated heterocycles. The second kappa shape index (κ2) is 7.89. The van der Waals surface area contributed by atoms with Crippen LogP contribution in [-0.2, 0) is 6.18 Å². The van der Waals surface area contributed by atoms with E-state index < -0.39 is 11.7 Å². The molecule has 0 radical (unpaired) electrons. The van der Waals surface area contributed by atoms with Crippen LogP contribution in [0.4, 0.5) is 13.2 Å². The predicted molar refractivity (Wildman–Crippen MR) is 108 cm³/mol. The van der Waals surface area contributed by atoms with E-state index in [2.05, 4.69) is 4.98 Å². The summed E-state index contributed by atoms with van der Waals surface area (Å²) in [6.45, 7) is 5.99. The second-order valence-corrected chi connectivity index (χ2v) is 6.17. The second-order valence-electron chi connectivity index (χ2n) is 6.17. The largest absolute Gasteiger partial charge is 0.416 e. The van der Waals surface area contributed by atoms with Gasteiger partial charge in [-0.1, -0.05) is 61.9 Å². The lowest BCUT2D eigenvalue weighted by Gasteiger charge is -2.10. The van der Waals surface area contributed by atoms with Crippen LogP contribution in [0.2, 0.25) is 0 Å². The monoisotopic (exact) mass is 382 g/mol. The number of hydrogen-bond donors (Lipinski definition) is 0. The van der Waals surface area contributed by atoms with Crippen molar-refractivity contribution in [2.45, 2.75) is 26.9 Å². The first-order valence-corrected chi connectivity index (χ1v) is 9.16. The van der Waals surface area contributed by atoms with Crippen LogP contribution in [-0.4, -0.2) is 9.55 Å². The van der Waals surface area contributed by atoms with Crippen LogP contribution in [0.1, 0.15) is 25.0 Å². The number of halogens is 3. The number of para-hydroxylation sites is 1. The SMILES string of the molecule is CC.Cc1ccc(-c2nc3cc(C(F)(F)F)ccc3n2-c2ccccc2)cc1. The first-order valence-electron chi connectivity index (χ1n) is 9.16. The average Bonchev–Trinajstić information content (AvgIpc) is 3.09. The lowest BCUT2D eigenvalue weighted by Crippen LogP contribution is -2.04. The summed E-state index contributed by atoms with van der Waals surface area (Å²) in [7, 11) is 0. The molecule has 0 aliphatic heterocycles. The first kappa shape index (κ1) is 19.7. The maximum Gasteiger partial charge on any atom is 0.416 e. The van der Waals surface area contributed by atoms with E-state index in [4.69, 9.17) is 0 Å². The number of imidazole rings is 1.